The topological polar surface area (TPSA) is 86.7 Å². The van der Waals surface area contributed by atoms with Crippen LogP contribution in [0.1, 0.15) is 28.0 Å². The summed E-state index contributed by atoms with van der Waals surface area (Å²) in [5, 5.41) is 0.741. The van der Waals surface area contributed by atoms with Crippen LogP contribution in [-0.4, -0.2) is 59.1 Å². The number of carbonyl (C=O) groups excluding carboxylic acids is 2. The van der Waals surface area contributed by atoms with Gasteiger partial charge < -0.3 is 18.9 Å². The van der Waals surface area contributed by atoms with Gasteiger partial charge in [-0.1, -0.05) is 0 Å². The number of anilines is 1. The zero-order valence-corrected chi connectivity index (χ0v) is 18.8. The maximum absolute atomic E-state index is 12.9. The summed E-state index contributed by atoms with van der Waals surface area (Å²) in [6, 6.07) is 3.67. The SMILES string of the molecule is COC(=O)CN1C(=O)CN=C(c2cc(OC)c(OC)c(OC)c2)c2c1sc1c2CCC1. The van der Waals surface area contributed by atoms with Crippen LogP contribution in [0.3, 0.4) is 0 Å². The van der Waals surface area contributed by atoms with Crippen LogP contribution in [0.5, 0.6) is 17.2 Å². The van der Waals surface area contributed by atoms with Crippen LogP contribution in [0.2, 0.25) is 0 Å². The second-order valence-electron chi connectivity index (χ2n) is 7.17. The molecule has 0 spiro atoms. The molecule has 0 bridgehead atoms. The Bertz CT molecular complexity index is 1050. The molecule has 0 fully saturated rings. The van der Waals surface area contributed by atoms with Crippen molar-refractivity contribution in [1.82, 2.24) is 0 Å². The summed E-state index contributed by atoms with van der Waals surface area (Å²) in [5.74, 6) is 0.796. The van der Waals surface area contributed by atoms with Gasteiger partial charge in [0.25, 0.3) is 0 Å². The standard InChI is InChI=1S/C22H24N2O6S/c1-27-14-8-12(9-15(28-2)21(14)30-4)20-19-13-6-5-7-16(13)31-22(19)24(11-18(26)29-3)17(25)10-23-20/h8-9H,5-7,10-11H2,1-4H3. The Kier molecular flexibility index (Phi) is 5.86. The lowest BCUT2D eigenvalue weighted by molar-refractivity contribution is -0.139. The van der Waals surface area contributed by atoms with Gasteiger partial charge >= 0.3 is 5.97 Å². The van der Waals surface area contributed by atoms with E-state index in [1.165, 1.54) is 22.5 Å². The van der Waals surface area contributed by atoms with Gasteiger partial charge in [-0.2, -0.15) is 0 Å². The van der Waals surface area contributed by atoms with Crippen molar-refractivity contribution in [3.63, 3.8) is 0 Å². The Morgan fingerprint density at radius 2 is 1.81 bits per heavy atom. The number of aliphatic imine (C=N–C) groups is 1. The summed E-state index contributed by atoms with van der Waals surface area (Å²) in [4.78, 5) is 32.4. The lowest BCUT2D eigenvalue weighted by Crippen LogP contribution is -2.37. The van der Waals surface area contributed by atoms with E-state index < -0.39 is 5.97 Å². The summed E-state index contributed by atoms with van der Waals surface area (Å²) in [6.45, 7) is -0.209. The minimum Gasteiger partial charge on any atom is -0.493 e. The third-order valence-corrected chi connectivity index (χ3v) is 6.83. The average Bonchev–Trinajstić information content (AvgIpc) is 3.35. The van der Waals surface area contributed by atoms with E-state index in [9.17, 15) is 9.59 Å². The first-order valence-electron chi connectivity index (χ1n) is 9.89. The normalized spacial score (nSPS) is 15.0. The number of hydrogen-bond donors (Lipinski definition) is 0. The van der Waals surface area contributed by atoms with E-state index in [0.29, 0.717) is 23.0 Å². The number of hydrogen-bond acceptors (Lipinski definition) is 8. The van der Waals surface area contributed by atoms with E-state index in [1.807, 2.05) is 12.1 Å². The first kappa shape index (κ1) is 21.2. The molecule has 0 unspecified atom stereocenters. The molecule has 164 valence electrons. The number of benzene rings is 1. The number of carbonyl (C=O) groups is 2. The molecule has 2 heterocycles. The lowest BCUT2D eigenvalue weighted by atomic mass is 9.98. The number of methoxy groups -OCH3 is 4. The molecule has 0 radical (unpaired) electrons. The number of aryl methyl sites for hydroxylation is 1. The van der Waals surface area contributed by atoms with Gasteiger partial charge in [0.05, 0.1) is 34.2 Å². The fraction of sp³-hybridized carbons (Fsp3) is 0.409. The van der Waals surface area contributed by atoms with Crippen molar-refractivity contribution >= 4 is 33.9 Å². The predicted octanol–water partition coefficient (Wildman–Crippen LogP) is 2.62. The van der Waals surface area contributed by atoms with Crippen molar-refractivity contribution in [3.8, 4) is 17.2 Å². The molecule has 1 amide bonds. The van der Waals surface area contributed by atoms with Crippen molar-refractivity contribution < 1.29 is 28.5 Å². The third kappa shape index (κ3) is 3.63. The van der Waals surface area contributed by atoms with Crippen LogP contribution < -0.4 is 19.1 Å². The fourth-order valence-electron chi connectivity index (χ4n) is 4.06. The minimum atomic E-state index is -0.468. The van der Waals surface area contributed by atoms with Gasteiger partial charge in [0.1, 0.15) is 18.1 Å². The molecule has 8 nitrogen and oxygen atoms in total. The van der Waals surface area contributed by atoms with Crippen LogP contribution in [0.25, 0.3) is 0 Å². The number of esters is 1. The summed E-state index contributed by atoms with van der Waals surface area (Å²) in [5.41, 5.74) is 3.55. The molecule has 31 heavy (non-hydrogen) atoms. The summed E-state index contributed by atoms with van der Waals surface area (Å²) >= 11 is 1.56. The van der Waals surface area contributed by atoms with Gasteiger partial charge in [-0.3, -0.25) is 19.5 Å². The van der Waals surface area contributed by atoms with Gasteiger partial charge in [-0.25, -0.2) is 0 Å². The molecule has 0 atom stereocenters. The highest BCUT2D eigenvalue weighted by Gasteiger charge is 2.34. The molecule has 1 aromatic heterocycles. The lowest BCUT2D eigenvalue weighted by Gasteiger charge is -2.20. The van der Waals surface area contributed by atoms with E-state index in [-0.39, 0.29) is 19.0 Å². The second kappa shape index (κ2) is 8.58. The van der Waals surface area contributed by atoms with Crippen LogP contribution in [0, 0.1) is 0 Å². The molecular weight excluding hydrogens is 420 g/mol. The van der Waals surface area contributed by atoms with Crippen LogP contribution >= 0.6 is 11.3 Å². The van der Waals surface area contributed by atoms with Crippen molar-refractivity contribution in [1.29, 1.82) is 0 Å². The molecule has 2 aromatic rings. The molecule has 0 saturated carbocycles. The highest BCUT2D eigenvalue weighted by atomic mass is 32.1. The molecule has 9 heteroatoms. The Morgan fingerprint density at radius 1 is 1.10 bits per heavy atom. The largest absolute Gasteiger partial charge is 0.493 e. The molecule has 0 N–H and O–H groups in total. The predicted molar refractivity (Wildman–Crippen MR) is 117 cm³/mol. The highest BCUT2D eigenvalue weighted by Crippen LogP contribution is 2.45. The smallest absolute Gasteiger partial charge is 0.325 e. The molecule has 4 rings (SSSR count). The maximum Gasteiger partial charge on any atom is 0.325 e. The minimum absolute atomic E-state index is 0.0703. The zero-order chi connectivity index (χ0) is 22.1. The van der Waals surface area contributed by atoms with Crippen LogP contribution in [0.4, 0.5) is 5.00 Å². The molecule has 1 aromatic carbocycles. The maximum atomic E-state index is 12.9. The van der Waals surface area contributed by atoms with Crippen molar-refractivity contribution in [2.24, 2.45) is 4.99 Å². The van der Waals surface area contributed by atoms with Gasteiger partial charge in [-0.15, -0.1) is 11.3 Å². The van der Waals surface area contributed by atoms with E-state index in [2.05, 4.69) is 4.99 Å². The van der Waals surface area contributed by atoms with E-state index >= 15 is 0 Å². The number of ether oxygens (including phenoxy) is 4. The molecule has 2 aliphatic rings. The van der Waals surface area contributed by atoms with Gasteiger partial charge in [-0.05, 0) is 37.0 Å². The molecule has 1 aliphatic carbocycles. The van der Waals surface area contributed by atoms with Gasteiger partial charge in [0, 0.05) is 16.0 Å². The summed E-state index contributed by atoms with van der Waals surface area (Å²) in [6.07, 6.45) is 2.92. The number of rotatable bonds is 6. The van der Waals surface area contributed by atoms with E-state index in [0.717, 1.165) is 35.4 Å². The van der Waals surface area contributed by atoms with E-state index in [1.54, 1.807) is 32.7 Å². The first-order chi connectivity index (χ1) is 15.0. The third-order valence-electron chi connectivity index (χ3n) is 5.51. The van der Waals surface area contributed by atoms with Crippen molar-refractivity contribution in [2.45, 2.75) is 19.3 Å². The summed E-state index contributed by atoms with van der Waals surface area (Å²) in [7, 11) is 5.99. The Balaban J connectivity index is 1.91. The summed E-state index contributed by atoms with van der Waals surface area (Å²) < 4.78 is 21.3. The Hall–Kier alpha value is -3.07. The first-order valence-corrected chi connectivity index (χ1v) is 10.7. The average molecular weight is 445 g/mol. The zero-order valence-electron chi connectivity index (χ0n) is 17.9. The quantitative estimate of drug-likeness (QED) is 0.637. The number of thiophene rings is 1. The van der Waals surface area contributed by atoms with Crippen molar-refractivity contribution in [2.75, 3.05) is 46.4 Å². The fourth-order valence-corrected chi connectivity index (χ4v) is 5.46. The monoisotopic (exact) mass is 444 g/mol. The van der Waals surface area contributed by atoms with E-state index in [4.69, 9.17) is 18.9 Å². The number of nitrogens with zero attached hydrogens (tertiary/aromatic N) is 2. The Labute approximate surface area is 184 Å². The van der Waals surface area contributed by atoms with Crippen LogP contribution in [0.15, 0.2) is 17.1 Å². The van der Waals surface area contributed by atoms with Gasteiger partial charge in [0.2, 0.25) is 11.7 Å². The highest BCUT2D eigenvalue weighted by molar-refractivity contribution is 7.17. The number of fused-ring (bicyclic) bond motifs is 3. The van der Waals surface area contributed by atoms with Gasteiger partial charge in [0.15, 0.2) is 11.5 Å². The molecule has 1 aliphatic heterocycles. The van der Waals surface area contributed by atoms with Crippen LogP contribution in [-0.2, 0) is 27.2 Å². The van der Waals surface area contributed by atoms with Crippen molar-refractivity contribution in [3.05, 3.63) is 33.7 Å². The number of amides is 1. The second-order valence-corrected chi connectivity index (χ2v) is 8.26. The molecular formula is C22H24N2O6S. The Morgan fingerprint density at radius 3 is 2.42 bits per heavy atom. The molecule has 0 saturated heterocycles.